The Morgan fingerprint density at radius 3 is 2.19 bits per heavy atom. The number of hydrogen-bond donors (Lipinski definition) is 1. The van der Waals surface area contributed by atoms with Crippen LogP contribution in [-0.4, -0.2) is 20.9 Å². The lowest BCUT2D eigenvalue weighted by molar-refractivity contribution is -0.139. The number of aromatic nitrogens is 2. The monoisotopic (exact) mass is 492 g/mol. The summed E-state index contributed by atoms with van der Waals surface area (Å²) in [6.45, 7) is 3.91. The van der Waals surface area contributed by atoms with Gasteiger partial charge in [0.15, 0.2) is 0 Å². The maximum absolute atomic E-state index is 13.1. The fraction of sp³-hybridized carbons (Fsp3) is 0.241. The molecule has 1 unspecified atom stereocenters. The average Bonchev–Trinajstić information content (AvgIpc) is 3.32. The van der Waals surface area contributed by atoms with Gasteiger partial charge in [-0.05, 0) is 58.9 Å². The molecule has 0 saturated carbocycles. The summed E-state index contributed by atoms with van der Waals surface area (Å²) in [6.07, 6.45) is 1.26. The van der Waals surface area contributed by atoms with Crippen molar-refractivity contribution in [3.05, 3.63) is 107 Å². The van der Waals surface area contributed by atoms with Crippen molar-refractivity contribution in [2.75, 3.05) is 0 Å². The molecule has 0 bridgehead atoms. The van der Waals surface area contributed by atoms with Gasteiger partial charge in [0.05, 0.1) is 23.4 Å². The van der Waals surface area contributed by atoms with E-state index in [2.05, 4.69) is 36.3 Å². The molecule has 4 rings (SSSR count). The molecule has 1 heterocycles. The van der Waals surface area contributed by atoms with E-state index in [0.717, 1.165) is 29.7 Å². The van der Waals surface area contributed by atoms with Crippen LogP contribution in [0.15, 0.2) is 79.1 Å². The van der Waals surface area contributed by atoms with E-state index in [1.165, 1.54) is 17.7 Å². The summed E-state index contributed by atoms with van der Waals surface area (Å²) in [6, 6.07) is 18.6. The molecule has 4 nitrogen and oxygen atoms in total. The second-order valence-corrected chi connectivity index (χ2v) is 8.79. The van der Waals surface area contributed by atoms with Gasteiger partial charge in [-0.1, -0.05) is 62.4 Å². The number of aryl methyl sites for hydroxylation is 1. The van der Waals surface area contributed by atoms with Gasteiger partial charge in [0.25, 0.3) is 0 Å². The van der Waals surface area contributed by atoms with Crippen LogP contribution in [0.2, 0.25) is 0 Å². The summed E-state index contributed by atoms with van der Waals surface area (Å²) in [4.78, 5) is 11.8. The van der Waals surface area contributed by atoms with Gasteiger partial charge in [-0.25, -0.2) is 4.68 Å². The van der Waals surface area contributed by atoms with Crippen LogP contribution in [-0.2, 0) is 23.8 Å². The third-order valence-electron chi connectivity index (χ3n) is 6.38. The molecule has 7 heteroatoms. The van der Waals surface area contributed by atoms with Gasteiger partial charge in [0.1, 0.15) is 0 Å². The lowest BCUT2D eigenvalue weighted by Crippen LogP contribution is -2.11. The SMILES string of the molecule is CCc1ccc(Cc2cnn(-c3cc(C(CC)C(=O)O)ccc3-c3ccc(C(F)(F)F)cc3)c2)cc1. The zero-order valence-corrected chi connectivity index (χ0v) is 20.1. The average molecular weight is 493 g/mol. The summed E-state index contributed by atoms with van der Waals surface area (Å²) in [5, 5.41) is 14.2. The van der Waals surface area contributed by atoms with Gasteiger partial charge in [0.2, 0.25) is 0 Å². The highest BCUT2D eigenvalue weighted by Crippen LogP contribution is 2.34. The van der Waals surface area contributed by atoms with Crippen LogP contribution in [0.4, 0.5) is 13.2 Å². The van der Waals surface area contributed by atoms with E-state index in [4.69, 9.17) is 0 Å². The van der Waals surface area contributed by atoms with Crippen LogP contribution in [0.3, 0.4) is 0 Å². The largest absolute Gasteiger partial charge is 0.481 e. The predicted octanol–water partition coefficient (Wildman–Crippen LogP) is 7.29. The van der Waals surface area contributed by atoms with Crippen LogP contribution in [0.5, 0.6) is 0 Å². The number of carboxylic acids is 1. The summed E-state index contributed by atoms with van der Waals surface area (Å²) < 4.78 is 40.9. The van der Waals surface area contributed by atoms with Crippen molar-refractivity contribution < 1.29 is 23.1 Å². The lowest BCUT2D eigenvalue weighted by atomic mass is 9.92. The Hall–Kier alpha value is -3.87. The van der Waals surface area contributed by atoms with E-state index in [1.54, 1.807) is 36.0 Å². The van der Waals surface area contributed by atoms with E-state index < -0.39 is 23.6 Å². The van der Waals surface area contributed by atoms with E-state index in [1.807, 2.05) is 6.20 Å². The van der Waals surface area contributed by atoms with Gasteiger partial charge < -0.3 is 5.11 Å². The van der Waals surface area contributed by atoms with Crippen LogP contribution in [0, 0.1) is 0 Å². The summed E-state index contributed by atoms with van der Waals surface area (Å²) in [5.74, 6) is -1.63. The number of halogens is 3. The van der Waals surface area contributed by atoms with E-state index in [9.17, 15) is 23.1 Å². The van der Waals surface area contributed by atoms with E-state index in [-0.39, 0.29) is 0 Å². The number of hydrogen-bond acceptors (Lipinski definition) is 2. The van der Waals surface area contributed by atoms with Gasteiger partial charge in [-0.3, -0.25) is 4.79 Å². The number of aliphatic carboxylic acids is 1. The maximum atomic E-state index is 13.1. The van der Waals surface area contributed by atoms with Crippen LogP contribution in [0.1, 0.15) is 54.0 Å². The van der Waals surface area contributed by atoms with Crippen molar-refractivity contribution in [3.63, 3.8) is 0 Å². The zero-order chi connectivity index (χ0) is 25.9. The molecule has 0 aliphatic rings. The topological polar surface area (TPSA) is 55.1 Å². The molecule has 1 N–H and O–H groups in total. The number of rotatable bonds is 8. The molecule has 3 aromatic carbocycles. The molecule has 0 spiro atoms. The number of alkyl halides is 3. The first-order chi connectivity index (χ1) is 17.2. The van der Waals surface area contributed by atoms with Crippen LogP contribution < -0.4 is 0 Å². The first-order valence-corrected chi connectivity index (χ1v) is 11.9. The summed E-state index contributed by atoms with van der Waals surface area (Å²) in [7, 11) is 0. The normalized spacial score (nSPS) is 12.5. The highest BCUT2D eigenvalue weighted by molar-refractivity contribution is 5.79. The van der Waals surface area contributed by atoms with Gasteiger partial charge in [-0.15, -0.1) is 0 Å². The highest BCUT2D eigenvalue weighted by Gasteiger charge is 2.30. The molecule has 36 heavy (non-hydrogen) atoms. The second-order valence-electron chi connectivity index (χ2n) is 8.79. The maximum Gasteiger partial charge on any atom is 0.416 e. The van der Waals surface area contributed by atoms with Gasteiger partial charge in [-0.2, -0.15) is 18.3 Å². The fourth-order valence-corrected chi connectivity index (χ4v) is 4.30. The third-order valence-corrected chi connectivity index (χ3v) is 6.38. The number of benzene rings is 3. The highest BCUT2D eigenvalue weighted by atomic mass is 19.4. The minimum atomic E-state index is -4.42. The van der Waals surface area contributed by atoms with Crippen molar-refractivity contribution in [2.45, 2.75) is 45.2 Å². The molecule has 0 aliphatic carbocycles. The Bertz CT molecular complexity index is 1340. The van der Waals surface area contributed by atoms with Crippen molar-refractivity contribution in [1.29, 1.82) is 0 Å². The quantitative estimate of drug-likeness (QED) is 0.281. The first kappa shape index (κ1) is 25.2. The Morgan fingerprint density at radius 2 is 1.61 bits per heavy atom. The first-order valence-electron chi connectivity index (χ1n) is 11.9. The smallest absolute Gasteiger partial charge is 0.416 e. The van der Waals surface area contributed by atoms with Crippen molar-refractivity contribution in [2.24, 2.45) is 0 Å². The van der Waals surface area contributed by atoms with E-state index in [0.29, 0.717) is 35.2 Å². The van der Waals surface area contributed by atoms with Crippen molar-refractivity contribution in [3.8, 4) is 16.8 Å². The molecule has 0 radical (unpaired) electrons. The Balaban J connectivity index is 1.74. The molecule has 0 amide bonds. The third kappa shape index (κ3) is 5.51. The molecule has 0 fully saturated rings. The Labute approximate surface area is 208 Å². The molecule has 186 valence electrons. The zero-order valence-electron chi connectivity index (χ0n) is 20.1. The lowest BCUT2D eigenvalue weighted by Gasteiger charge is -2.16. The second kappa shape index (κ2) is 10.4. The van der Waals surface area contributed by atoms with Crippen LogP contribution in [0.25, 0.3) is 16.8 Å². The van der Waals surface area contributed by atoms with Gasteiger partial charge in [0, 0.05) is 18.2 Å². The summed E-state index contributed by atoms with van der Waals surface area (Å²) >= 11 is 0. The Morgan fingerprint density at radius 1 is 0.944 bits per heavy atom. The molecule has 0 saturated heterocycles. The molecule has 4 aromatic rings. The van der Waals surface area contributed by atoms with Crippen molar-refractivity contribution in [1.82, 2.24) is 9.78 Å². The van der Waals surface area contributed by atoms with Crippen molar-refractivity contribution >= 4 is 5.97 Å². The standard InChI is InChI=1S/C29H27F3N2O2/c1-3-19-5-7-20(8-6-19)15-21-17-33-34(18-21)27-16-23(25(4-2)28(35)36)11-14-26(27)22-9-12-24(13-10-22)29(30,31)32/h5-14,16-18,25H,3-4,15H2,1-2H3,(H,35,36). The molecule has 1 aromatic heterocycles. The molecule has 1 atom stereocenters. The minimum absolute atomic E-state index is 0.409. The fourth-order valence-electron chi connectivity index (χ4n) is 4.30. The van der Waals surface area contributed by atoms with E-state index >= 15 is 0 Å². The number of carbonyl (C=O) groups is 1. The molecular formula is C29H27F3N2O2. The van der Waals surface area contributed by atoms with Crippen LogP contribution >= 0.6 is 0 Å². The minimum Gasteiger partial charge on any atom is -0.481 e. The molecular weight excluding hydrogens is 465 g/mol. The number of nitrogens with zero attached hydrogens (tertiary/aromatic N) is 2. The predicted molar refractivity (Wildman–Crippen MR) is 133 cm³/mol. The Kier molecular flexibility index (Phi) is 7.29. The number of carboxylic acid groups (broad SMARTS) is 1. The van der Waals surface area contributed by atoms with Gasteiger partial charge >= 0.3 is 12.1 Å². The molecule has 0 aliphatic heterocycles. The summed E-state index contributed by atoms with van der Waals surface area (Å²) in [5.41, 5.74) is 5.11.